The fourth-order valence-corrected chi connectivity index (χ4v) is 3.80. The van der Waals surface area contributed by atoms with Crippen molar-refractivity contribution < 1.29 is 4.74 Å². The van der Waals surface area contributed by atoms with E-state index in [2.05, 4.69) is 65.8 Å². The third kappa shape index (κ3) is 4.88. The molecule has 4 heteroatoms. The van der Waals surface area contributed by atoms with Crippen molar-refractivity contribution in [1.29, 1.82) is 0 Å². The molecule has 2 aromatic rings. The molecule has 1 N–H and O–H groups in total. The van der Waals surface area contributed by atoms with Gasteiger partial charge in [-0.25, -0.2) is 0 Å². The van der Waals surface area contributed by atoms with Crippen LogP contribution in [0.5, 0.6) is 0 Å². The van der Waals surface area contributed by atoms with E-state index in [4.69, 9.17) is 4.74 Å². The molecular weight excluding hydrogens is 304 g/mol. The number of rotatable bonds is 6. The first-order chi connectivity index (χ1) is 11.2. The van der Waals surface area contributed by atoms with Gasteiger partial charge in [0.1, 0.15) is 0 Å². The number of nitrogens with zero attached hydrogens (tertiary/aromatic N) is 1. The molecule has 2 atom stereocenters. The summed E-state index contributed by atoms with van der Waals surface area (Å²) in [5, 5.41) is 5.75. The number of ether oxygens (including phenoxy) is 1. The van der Waals surface area contributed by atoms with Crippen LogP contribution in [0.4, 0.5) is 0 Å². The standard InChI is InChI=1S/C19H26N2OS/c1-15-13-21(8-9-22-15)14-18-6-3-5-17(11-18)12-20-16(2)19-7-4-10-23-19/h3-7,10-11,15-16,20H,8-9,12-14H2,1-2H3/t15-,16-/m1/s1. The van der Waals surface area contributed by atoms with E-state index in [1.807, 2.05) is 11.3 Å². The molecule has 23 heavy (non-hydrogen) atoms. The van der Waals surface area contributed by atoms with Gasteiger partial charge in [-0.15, -0.1) is 11.3 Å². The summed E-state index contributed by atoms with van der Waals surface area (Å²) in [5.74, 6) is 0. The zero-order valence-electron chi connectivity index (χ0n) is 14.0. The Hall–Kier alpha value is -1.20. The van der Waals surface area contributed by atoms with Gasteiger partial charge < -0.3 is 10.1 Å². The van der Waals surface area contributed by atoms with E-state index in [1.54, 1.807) is 0 Å². The summed E-state index contributed by atoms with van der Waals surface area (Å²) < 4.78 is 5.62. The Labute approximate surface area is 143 Å². The first-order valence-corrected chi connectivity index (χ1v) is 9.27. The lowest BCUT2D eigenvalue weighted by Crippen LogP contribution is -2.40. The quantitative estimate of drug-likeness (QED) is 0.871. The van der Waals surface area contributed by atoms with Crippen molar-refractivity contribution in [2.45, 2.75) is 39.1 Å². The molecule has 124 valence electrons. The third-order valence-electron chi connectivity index (χ3n) is 4.31. The van der Waals surface area contributed by atoms with Crippen LogP contribution >= 0.6 is 11.3 Å². The molecular formula is C19H26N2OS. The number of hydrogen-bond donors (Lipinski definition) is 1. The van der Waals surface area contributed by atoms with E-state index in [-0.39, 0.29) is 0 Å². The first-order valence-electron chi connectivity index (χ1n) is 8.39. The summed E-state index contributed by atoms with van der Waals surface area (Å²) in [6, 6.07) is 13.6. The van der Waals surface area contributed by atoms with Gasteiger partial charge in [-0.2, -0.15) is 0 Å². The van der Waals surface area contributed by atoms with Crippen molar-refractivity contribution >= 4 is 11.3 Å². The van der Waals surface area contributed by atoms with Gasteiger partial charge in [0.25, 0.3) is 0 Å². The molecule has 0 unspecified atom stereocenters. The van der Waals surface area contributed by atoms with Crippen LogP contribution in [-0.2, 0) is 17.8 Å². The minimum Gasteiger partial charge on any atom is -0.376 e. The molecule has 1 fully saturated rings. The van der Waals surface area contributed by atoms with Crippen LogP contribution in [0.15, 0.2) is 41.8 Å². The lowest BCUT2D eigenvalue weighted by Gasteiger charge is -2.31. The zero-order valence-corrected chi connectivity index (χ0v) is 14.8. The summed E-state index contributed by atoms with van der Waals surface area (Å²) in [5.41, 5.74) is 2.74. The second kappa shape index (κ2) is 8.06. The van der Waals surface area contributed by atoms with E-state index in [0.717, 1.165) is 32.8 Å². The van der Waals surface area contributed by atoms with Crippen molar-refractivity contribution in [2.24, 2.45) is 0 Å². The Kier molecular flexibility index (Phi) is 5.84. The minimum absolute atomic E-state index is 0.347. The summed E-state index contributed by atoms with van der Waals surface area (Å²) in [6.07, 6.45) is 0.347. The maximum Gasteiger partial charge on any atom is 0.0674 e. The van der Waals surface area contributed by atoms with Gasteiger partial charge in [0.15, 0.2) is 0 Å². The molecule has 0 spiro atoms. The smallest absolute Gasteiger partial charge is 0.0674 e. The fourth-order valence-electron chi connectivity index (χ4n) is 3.04. The lowest BCUT2D eigenvalue weighted by molar-refractivity contribution is -0.0212. The highest BCUT2D eigenvalue weighted by molar-refractivity contribution is 7.10. The predicted molar refractivity (Wildman–Crippen MR) is 96.7 cm³/mol. The predicted octanol–water partition coefficient (Wildman–Crippen LogP) is 3.82. The summed E-state index contributed by atoms with van der Waals surface area (Å²) in [7, 11) is 0. The normalized spacial score (nSPS) is 20.5. The van der Waals surface area contributed by atoms with Gasteiger partial charge in [-0.1, -0.05) is 30.3 Å². The lowest BCUT2D eigenvalue weighted by atomic mass is 10.1. The molecule has 0 bridgehead atoms. The maximum atomic E-state index is 5.62. The molecule has 0 amide bonds. The van der Waals surface area contributed by atoms with E-state index in [0.29, 0.717) is 12.1 Å². The van der Waals surface area contributed by atoms with Crippen LogP contribution in [0.25, 0.3) is 0 Å². The highest BCUT2D eigenvalue weighted by Gasteiger charge is 2.16. The Bertz CT molecular complexity index is 599. The van der Waals surface area contributed by atoms with Crippen LogP contribution in [0.3, 0.4) is 0 Å². The van der Waals surface area contributed by atoms with Gasteiger partial charge in [-0.3, -0.25) is 4.90 Å². The number of hydrogen-bond acceptors (Lipinski definition) is 4. The summed E-state index contributed by atoms with van der Waals surface area (Å²) in [4.78, 5) is 3.87. The fraction of sp³-hybridized carbons (Fsp3) is 0.474. The SMILES string of the molecule is C[C@@H]1CN(Cc2cccc(CN[C@H](C)c3cccs3)c2)CCO1. The van der Waals surface area contributed by atoms with E-state index >= 15 is 0 Å². The topological polar surface area (TPSA) is 24.5 Å². The van der Waals surface area contributed by atoms with E-state index < -0.39 is 0 Å². The number of morpholine rings is 1. The van der Waals surface area contributed by atoms with E-state index in [9.17, 15) is 0 Å². The molecule has 1 aliphatic heterocycles. The third-order valence-corrected chi connectivity index (χ3v) is 5.36. The molecule has 0 radical (unpaired) electrons. The van der Waals surface area contributed by atoms with Crippen molar-refractivity contribution in [3.63, 3.8) is 0 Å². The van der Waals surface area contributed by atoms with E-state index in [1.165, 1.54) is 16.0 Å². The van der Waals surface area contributed by atoms with Crippen LogP contribution < -0.4 is 5.32 Å². The van der Waals surface area contributed by atoms with Crippen molar-refractivity contribution in [2.75, 3.05) is 19.7 Å². The van der Waals surface area contributed by atoms with Crippen LogP contribution in [0.2, 0.25) is 0 Å². The van der Waals surface area contributed by atoms with Gasteiger partial charge >= 0.3 is 0 Å². The minimum atomic E-state index is 0.347. The largest absolute Gasteiger partial charge is 0.376 e. The van der Waals surface area contributed by atoms with Crippen LogP contribution in [-0.4, -0.2) is 30.7 Å². The molecule has 1 saturated heterocycles. The van der Waals surface area contributed by atoms with Crippen molar-refractivity contribution in [3.8, 4) is 0 Å². The highest BCUT2D eigenvalue weighted by atomic mass is 32.1. The maximum absolute atomic E-state index is 5.62. The highest BCUT2D eigenvalue weighted by Crippen LogP contribution is 2.19. The van der Waals surface area contributed by atoms with Crippen molar-refractivity contribution in [3.05, 3.63) is 57.8 Å². The van der Waals surface area contributed by atoms with Crippen molar-refractivity contribution in [1.82, 2.24) is 10.2 Å². The Balaban J connectivity index is 1.54. The molecule has 1 aliphatic rings. The van der Waals surface area contributed by atoms with Crippen LogP contribution in [0, 0.1) is 0 Å². The molecule has 3 rings (SSSR count). The molecule has 1 aromatic heterocycles. The number of benzene rings is 1. The molecule has 3 nitrogen and oxygen atoms in total. The van der Waals surface area contributed by atoms with Gasteiger partial charge in [-0.05, 0) is 36.4 Å². The summed E-state index contributed by atoms with van der Waals surface area (Å²) >= 11 is 1.81. The molecule has 2 heterocycles. The first kappa shape index (κ1) is 16.7. The van der Waals surface area contributed by atoms with Gasteiger partial charge in [0, 0.05) is 37.1 Å². The van der Waals surface area contributed by atoms with Gasteiger partial charge in [0.2, 0.25) is 0 Å². The number of thiophene rings is 1. The number of nitrogens with one attached hydrogen (secondary N) is 1. The zero-order chi connectivity index (χ0) is 16.1. The average molecular weight is 330 g/mol. The summed E-state index contributed by atoms with van der Waals surface area (Å²) in [6.45, 7) is 9.21. The second-order valence-electron chi connectivity index (χ2n) is 6.35. The Morgan fingerprint density at radius 3 is 2.96 bits per heavy atom. The van der Waals surface area contributed by atoms with Crippen LogP contribution in [0.1, 0.15) is 35.9 Å². The Morgan fingerprint density at radius 2 is 2.17 bits per heavy atom. The molecule has 1 aromatic carbocycles. The van der Waals surface area contributed by atoms with Gasteiger partial charge in [0.05, 0.1) is 12.7 Å². The Morgan fingerprint density at radius 1 is 1.30 bits per heavy atom. The monoisotopic (exact) mass is 330 g/mol. The average Bonchev–Trinajstić information content (AvgIpc) is 3.07. The molecule has 0 aliphatic carbocycles. The second-order valence-corrected chi connectivity index (χ2v) is 7.33. The molecule has 0 saturated carbocycles.